The van der Waals surface area contributed by atoms with Crippen LogP contribution in [0.5, 0.6) is 0 Å². The van der Waals surface area contributed by atoms with Gasteiger partial charge in [0.1, 0.15) is 7.05 Å². The van der Waals surface area contributed by atoms with Crippen LogP contribution in [0.15, 0.2) is 48.5 Å². The van der Waals surface area contributed by atoms with Crippen molar-refractivity contribution in [1.29, 1.82) is 0 Å². The average molecular weight is 303 g/mol. The molecule has 3 rings (SSSR count). The summed E-state index contributed by atoms with van der Waals surface area (Å²) in [4.78, 5) is 10.5. The molecule has 0 spiro atoms. The fourth-order valence-electron chi connectivity index (χ4n) is 1.88. The Bertz CT molecular complexity index is 850. The molecule has 0 saturated carbocycles. The second kappa shape index (κ2) is 5.15. The molecule has 0 fully saturated rings. The molecular formula is C14H11N2O2S2+. The van der Waals surface area contributed by atoms with Gasteiger partial charge in [-0.1, -0.05) is 40.9 Å². The van der Waals surface area contributed by atoms with Gasteiger partial charge in [0.15, 0.2) is 0 Å². The third kappa shape index (κ3) is 2.35. The summed E-state index contributed by atoms with van der Waals surface area (Å²) < 4.78 is 5.22. The van der Waals surface area contributed by atoms with Gasteiger partial charge in [0.05, 0.1) is 14.3 Å². The lowest BCUT2D eigenvalue weighted by atomic mass is 10.3. The minimum atomic E-state index is -0.357. The summed E-state index contributed by atoms with van der Waals surface area (Å²) in [7, 11) is 2.00. The monoisotopic (exact) mass is 303 g/mol. The van der Waals surface area contributed by atoms with Crippen LogP contribution in [0, 0.1) is 10.1 Å². The summed E-state index contributed by atoms with van der Waals surface area (Å²) in [5, 5.41) is 10.8. The Labute approximate surface area is 123 Å². The van der Waals surface area contributed by atoms with E-state index in [2.05, 4.69) is 4.58 Å². The molecule has 3 aromatic rings. The van der Waals surface area contributed by atoms with Gasteiger partial charge in [-0.05, 0) is 6.07 Å². The van der Waals surface area contributed by atoms with Gasteiger partial charge < -0.3 is 0 Å². The summed E-state index contributed by atoms with van der Waals surface area (Å²) in [5.74, 6) is 0. The van der Waals surface area contributed by atoms with Crippen molar-refractivity contribution < 1.29 is 4.92 Å². The summed E-state index contributed by atoms with van der Waals surface area (Å²) in [6, 6.07) is 15.1. The lowest BCUT2D eigenvalue weighted by molar-refractivity contribution is -0.384. The number of para-hydroxylation sites is 1. The van der Waals surface area contributed by atoms with E-state index in [1.54, 1.807) is 34.8 Å². The van der Waals surface area contributed by atoms with Gasteiger partial charge in [-0.2, -0.15) is 4.58 Å². The molecule has 4 nitrogen and oxygen atoms in total. The highest BCUT2D eigenvalue weighted by atomic mass is 32.2. The minimum Gasteiger partial charge on any atom is -0.258 e. The van der Waals surface area contributed by atoms with Gasteiger partial charge in [0, 0.05) is 24.3 Å². The zero-order valence-electron chi connectivity index (χ0n) is 10.6. The molecule has 1 heterocycles. The first kappa shape index (κ1) is 13.0. The molecule has 20 heavy (non-hydrogen) atoms. The molecule has 0 amide bonds. The van der Waals surface area contributed by atoms with E-state index in [1.807, 2.05) is 43.4 Å². The zero-order valence-corrected chi connectivity index (χ0v) is 12.3. The first-order valence-electron chi connectivity index (χ1n) is 5.95. The summed E-state index contributed by atoms with van der Waals surface area (Å²) in [6.07, 6.45) is 0. The van der Waals surface area contributed by atoms with Crippen molar-refractivity contribution in [2.75, 3.05) is 7.05 Å². The van der Waals surface area contributed by atoms with Crippen molar-refractivity contribution in [2.45, 2.75) is 0 Å². The van der Waals surface area contributed by atoms with Crippen LogP contribution in [0.1, 0.15) is 0 Å². The molecule has 0 atom stereocenters. The van der Waals surface area contributed by atoms with Crippen LogP contribution in [-0.4, -0.2) is 12.0 Å². The van der Waals surface area contributed by atoms with Crippen molar-refractivity contribution in [3.63, 3.8) is 0 Å². The van der Waals surface area contributed by atoms with E-state index < -0.39 is 0 Å². The molecule has 0 aliphatic rings. The summed E-state index contributed by atoms with van der Waals surface area (Å²) in [5.41, 5.74) is 1.24. The number of nitro benzene ring substituents is 1. The predicted molar refractivity (Wildman–Crippen MR) is 83.7 cm³/mol. The number of hydrogen-bond acceptors (Lipinski definition) is 4. The fraction of sp³-hybridized carbons (Fsp3) is 0.0714. The SMILES string of the molecule is C[N+](c1ccccc1)=c1sc2ccc([N+](=O)[O-])cc2s1. The Morgan fingerprint density at radius 1 is 0.950 bits per heavy atom. The molecule has 0 radical (unpaired) electrons. The Balaban J connectivity index is 2.20. The van der Waals surface area contributed by atoms with Crippen LogP contribution in [-0.2, 0) is 0 Å². The summed E-state index contributed by atoms with van der Waals surface area (Å²) >= 11 is 3.21. The summed E-state index contributed by atoms with van der Waals surface area (Å²) in [6.45, 7) is 0. The average Bonchev–Trinajstić information content (AvgIpc) is 2.90. The number of nitrogens with zero attached hydrogens (tertiary/aromatic N) is 2. The van der Waals surface area contributed by atoms with E-state index in [0.717, 1.165) is 19.1 Å². The molecular weight excluding hydrogens is 292 g/mol. The number of fused-ring (bicyclic) bond motifs is 1. The highest BCUT2D eigenvalue weighted by Crippen LogP contribution is 2.26. The largest absolute Gasteiger partial charge is 0.320 e. The lowest BCUT2D eigenvalue weighted by Crippen LogP contribution is -2.14. The van der Waals surface area contributed by atoms with Crippen molar-refractivity contribution >= 4 is 43.4 Å². The topological polar surface area (TPSA) is 46.1 Å². The molecule has 100 valence electrons. The Morgan fingerprint density at radius 3 is 2.35 bits per heavy atom. The third-order valence-electron chi connectivity index (χ3n) is 2.95. The van der Waals surface area contributed by atoms with Crippen molar-refractivity contribution in [2.24, 2.45) is 0 Å². The smallest absolute Gasteiger partial charge is 0.258 e. The highest BCUT2D eigenvalue weighted by molar-refractivity contribution is 7.35. The van der Waals surface area contributed by atoms with Gasteiger partial charge in [-0.15, -0.1) is 0 Å². The maximum Gasteiger partial charge on any atom is 0.320 e. The number of non-ortho nitro benzene ring substituents is 1. The Hall–Kier alpha value is -2.05. The van der Waals surface area contributed by atoms with Gasteiger partial charge in [0.25, 0.3) is 5.69 Å². The third-order valence-corrected chi connectivity index (χ3v) is 5.61. The van der Waals surface area contributed by atoms with Crippen molar-refractivity contribution in [3.05, 3.63) is 62.6 Å². The second-order valence-electron chi connectivity index (χ2n) is 4.25. The highest BCUT2D eigenvalue weighted by Gasteiger charge is 2.12. The minimum absolute atomic E-state index is 0.139. The van der Waals surface area contributed by atoms with E-state index in [4.69, 9.17) is 0 Å². The molecule has 2 aromatic carbocycles. The second-order valence-corrected chi connectivity index (χ2v) is 6.57. The van der Waals surface area contributed by atoms with Crippen LogP contribution in [0.3, 0.4) is 0 Å². The van der Waals surface area contributed by atoms with Gasteiger partial charge >= 0.3 is 3.98 Å². The van der Waals surface area contributed by atoms with Crippen LogP contribution < -0.4 is 8.56 Å². The van der Waals surface area contributed by atoms with Crippen LogP contribution in [0.4, 0.5) is 11.4 Å². The molecule has 0 aliphatic carbocycles. The predicted octanol–water partition coefficient (Wildman–Crippen LogP) is 3.60. The van der Waals surface area contributed by atoms with E-state index in [-0.39, 0.29) is 10.6 Å². The molecule has 0 bridgehead atoms. The molecule has 0 saturated heterocycles. The van der Waals surface area contributed by atoms with Gasteiger partial charge in [0.2, 0.25) is 5.69 Å². The van der Waals surface area contributed by atoms with E-state index in [0.29, 0.717) is 0 Å². The van der Waals surface area contributed by atoms with E-state index >= 15 is 0 Å². The normalized spacial score (nSPS) is 12.4. The Kier molecular flexibility index (Phi) is 3.33. The van der Waals surface area contributed by atoms with Gasteiger partial charge in [-0.3, -0.25) is 10.1 Å². The number of benzene rings is 2. The lowest BCUT2D eigenvalue weighted by Gasteiger charge is -1.91. The van der Waals surface area contributed by atoms with Gasteiger partial charge in [-0.25, -0.2) is 0 Å². The first-order chi connectivity index (χ1) is 9.65. The molecule has 6 heteroatoms. The molecule has 0 unspecified atom stereocenters. The number of rotatable bonds is 2. The van der Waals surface area contributed by atoms with E-state index in [9.17, 15) is 10.1 Å². The van der Waals surface area contributed by atoms with Crippen LogP contribution >= 0.6 is 22.7 Å². The quantitative estimate of drug-likeness (QED) is 0.412. The standard InChI is InChI=1S/C14H11N2O2S2/c1-15(10-5-3-2-4-6-10)14-19-12-8-7-11(16(17)18)9-13(12)20-14/h2-9H,1H3/q+1. The molecule has 0 aliphatic heterocycles. The Morgan fingerprint density at radius 2 is 1.65 bits per heavy atom. The maximum atomic E-state index is 10.8. The first-order valence-corrected chi connectivity index (χ1v) is 7.58. The zero-order chi connectivity index (χ0) is 14.1. The molecule has 0 N–H and O–H groups in total. The van der Waals surface area contributed by atoms with Crippen LogP contribution in [0.2, 0.25) is 0 Å². The van der Waals surface area contributed by atoms with E-state index in [1.165, 1.54) is 0 Å². The van der Waals surface area contributed by atoms with Crippen molar-refractivity contribution in [3.8, 4) is 0 Å². The van der Waals surface area contributed by atoms with Crippen LogP contribution in [0.25, 0.3) is 9.40 Å². The number of hydrogen-bond donors (Lipinski definition) is 0. The maximum absolute atomic E-state index is 10.8. The van der Waals surface area contributed by atoms with Crippen molar-refractivity contribution in [1.82, 2.24) is 4.58 Å². The number of nitro groups is 1. The fourth-order valence-corrected chi connectivity index (χ4v) is 4.34. The molecule has 1 aromatic heterocycles.